The van der Waals surface area contributed by atoms with Gasteiger partial charge in [-0.15, -0.1) is 0 Å². The lowest BCUT2D eigenvalue weighted by Crippen LogP contribution is -2.35. The van der Waals surface area contributed by atoms with Gasteiger partial charge in [-0.3, -0.25) is 9.48 Å². The molecule has 0 radical (unpaired) electrons. The summed E-state index contributed by atoms with van der Waals surface area (Å²) in [5.41, 5.74) is 3.06. The molecule has 1 aromatic carbocycles. The number of rotatable bonds is 5. The van der Waals surface area contributed by atoms with E-state index in [4.69, 9.17) is 0 Å². The van der Waals surface area contributed by atoms with Crippen LogP contribution >= 0.6 is 0 Å². The first-order valence-corrected chi connectivity index (χ1v) is 8.61. The van der Waals surface area contributed by atoms with Crippen molar-refractivity contribution in [2.24, 2.45) is 0 Å². The lowest BCUT2D eigenvalue weighted by atomic mass is 10.0. The number of carbonyl (C=O) groups excluding carboxylic acids is 1. The van der Waals surface area contributed by atoms with Crippen molar-refractivity contribution in [2.75, 3.05) is 0 Å². The molecule has 1 unspecified atom stereocenters. The fourth-order valence-electron chi connectivity index (χ4n) is 3.37. The van der Waals surface area contributed by atoms with E-state index in [9.17, 15) is 14.7 Å². The SMILES string of the molecule is Cc1ccc(C(NC(=O)c2ccnn2C2CCCC2)C(=O)O)cc1C. The molecule has 1 saturated carbocycles. The first kappa shape index (κ1) is 17.2. The Morgan fingerprint density at radius 3 is 2.56 bits per heavy atom. The van der Waals surface area contributed by atoms with Gasteiger partial charge in [0.2, 0.25) is 0 Å². The highest BCUT2D eigenvalue weighted by molar-refractivity contribution is 5.95. The first-order chi connectivity index (χ1) is 12.0. The summed E-state index contributed by atoms with van der Waals surface area (Å²) in [6.45, 7) is 3.89. The number of benzene rings is 1. The van der Waals surface area contributed by atoms with E-state index < -0.39 is 17.9 Å². The zero-order chi connectivity index (χ0) is 18.0. The second-order valence-corrected chi connectivity index (χ2v) is 6.69. The van der Waals surface area contributed by atoms with Crippen molar-refractivity contribution >= 4 is 11.9 Å². The van der Waals surface area contributed by atoms with Crippen LogP contribution in [0.5, 0.6) is 0 Å². The molecular formula is C19H23N3O3. The molecule has 0 bridgehead atoms. The molecule has 0 aliphatic heterocycles. The predicted octanol–water partition coefficient (Wildman–Crippen LogP) is 3.17. The van der Waals surface area contributed by atoms with Gasteiger partial charge in [-0.25, -0.2) is 4.79 Å². The second kappa shape index (κ2) is 7.09. The molecule has 2 N–H and O–H groups in total. The van der Waals surface area contributed by atoms with E-state index in [0.29, 0.717) is 11.3 Å². The minimum Gasteiger partial charge on any atom is -0.479 e. The molecule has 1 heterocycles. The van der Waals surface area contributed by atoms with Gasteiger partial charge in [0.25, 0.3) is 5.91 Å². The summed E-state index contributed by atoms with van der Waals surface area (Å²) in [4.78, 5) is 24.4. The molecule has 0 spiro atoms. The van der Waals surface area contributed by atoms with E-state index >= 15 is 0 Å². The average molecular weight is 341 g/mol. The Kier molecular flexibility index (Phi) is 4.88. The van der Waals surface area contributed by atoms with Gasteiger partial charge in [0.1, 0.15) is 5.69 Å². The van der Waals surface area contributed by atoms with Gasteiger partial charge >= 0.3 is 5.97 Å². The molecule has 2 aromatic rings. The number of amides is 1. The molecule has 0 saturated heterocycles. The predicted molar refractivity (Wildman–Crippen MR) is 93.5 cm³/mol. The van der Waals surface area contributed by atoms with Crippen molar-refractivity contribution in [3.63, 3.8) is 0 Å². The molecule has 1 fully saturated rings. The van der Waals surface area contributed by atoms with Crippen molar-refractivity contribution < 1.29 is 14.7 Å². The van der Waals surface area contributed by atoms with Crippen LogP contribution in [0.15, 0.2) is 30.5 Å². The fraction of sp³-hybridized carbons (Fsp3) is 0.421. The molecule has 1 atom stereocenters. The average Bonchev–Trinajstić information content (AvgIpc) is 3.25. The first-order valence-electron chi connectivity index (χ1n) is 8.61. The maximum Gasteiger partial charge on any atom is 0.330 e. The van der Waals surface area contributed by atoms with Crippen LogP contribution in [0.25, 0.3) is 0 Å². The number of hydrogen-bond acceptors (Lipinski definition) is 3. The Bertz CT molecular complexity index is 791. The summed E-state index contributed by atoms with van der Waals surface area (Å²) < 4.78 is 1.74. The number of carboxylic acids is 1. The number of aromatic nitrogens is 2. The van der Waals surface area contributed by atoms with Gasteiger partial charge < -0.3 is 10.4 Å². The largest absolute Gasteiger partial charge is 0.479 e. The number of carboxylic acid groups (broad SMARTS) is 1. The summed E-state index contributed by atoms with van der Waals surface area (Å²) in [5.74, 6) is -1.49. The highest BCUT2D eigenvalue weighted by atomic mass is 16.4. The number of nitrogens with one attached hydrogen (secondary N) is 1. The van der Waals surface area contributed by atoms with Crippen LogP contribution in [0.1, 0.15) is 64.9 Å². The summed E-state index contributed by atoms with van der Waals surface area (Å²) in [7, 11) is 0. The second-order valence-electron chi connectivity index (χ2n) is 6.69. The third-order valence-electron chi connectivity index (χ3n) is 4.96. The summed E-state index contributed by atoms with van der Waals surface area (Å²) in [6.07, 6.45) is 5.86. The Morgan fingerprint density at radius 1 is 1.20 bits per heavy atom. The minimum absolute atomic E-state index is 0.223. The van der Waals surface area contributed by atoms with Crippen LogP contribution in [0.4, 0.5) is 0 Å². The molecule has 1 amide bonds. The van der Waals surface area contributed by atoms with E-state index in [0.717, 1.165) is 36.8 Å². The maximum atomic E-state index is 12.7. The van der Waals surface area contributed by atoms with Crippen molar-refractivity contribution in [2.45, 2.75) is 51.6 Å². The number of nitrogens with zero attached hydrogens (tertiary/aromatic N) is 2. The van der Waals surface area contributed by atoms with Gasteiger partial charge in [0.15, 0.2) is 6.04 Å². The van der Waals surface area contributed by atoms with Crippen LogP contribution in [0, 0.1) is 13.8 Å². The van der Waals surface area contributed by atoms with E-state index in [1.165, 1.54) is 0 Å². The Labute approximate surface area is 146 Å². The normalized spacial score (nSPS) is 15.9. The van der Waals surface area contributed by atoms with E-state index in [-0.39, 0.29) is 6.04 Å². The lowest BCUT2D eigenvalue weighted by molar-refractivity contribution is -0.139. The smallest absolute Gasteiger partial charge is 0.330 e. The van der Waals surface area contributed by atoms with Crippen LogP contribution in [-0.4, -0.2) is 26.8 Å². The molecule has 6 heteroatoms. The van der Waals surface area contributed by atoms with Crippen molar-refractivity contribution in [3.8, 4) is 0 Å². The van der Waals surface area contributed by atoms with Gasteiger partial charge in [-0.1, -0.05) is 31.0 Å². The van der Waals surface area contributed by atoms with Gasteiger partial charge in [0, 0.05) is 6.20 Å². The maximum absolute atomic E-state index is 12.7. The molecule has 1 aromatic heterocycles. The van der Waals surface area contributed by atoms with Crippen LogP contribution in [-0.2, 0) is 4.79 Å². The zero-order valence-electron chi connectivity index (χ0n) is 14.5. The van der Waals surface area contributed by atoms with Crippen LogP contribution in [0.2, 0.25) is 0 Å². The van der Waals surface area contributed by atoms with E-state index in [1.807, 2.05) is 26.0 Å². The standard InChI is InChI=1S/C19H23N3O3/c1-12-7-8-14(11-13(12)2)17(19(24)25)21-18(23)16-9-10-20-22(16)15-5-3-4-6-15/h7-11,15,17H,3-6H2,1-2H3,(H,21,23)(H,24,25). The van der Waals surface area contributed by atoms with Gasteiger partial charge in [0.05, 0.1) is 6.04 Å². The highest BCUT2D eigenvalue weighted by Gasteiger charge is 2.27. The Hall–Kier alpha value is -2.63. The number of aryl methyl sites for hydroxylation is 2. The zero-order valence-corrected chi connectivity index (χ0v) is 14.5. The van der Waals surface area contributed by atoms with Crippen LogP contribution in [0.3, 0.4) is 0 Å². The Morgan fingerprint density at radius 2 is 1.92 bits per heavy atom. The molecule has 132 valence electrons. The Balaban J connectivity index is 1.83. The molecular weight excluding hydrogens is 318 g/mol. The van der Waals surface area contributed by atoms with E-state index in [1.54, 1.807) is 23.0 Å². The fourth-order valence-corrected chi connectivity index (χ4v) is 3.37. The lowest BCUT2D eigenvalue weighted by Gasteiger charge is -2.18. The van der Waals surface area contributed by atoms with Gasteiger partial charge in [-0.2, -0.15) is 5.10 Å². The molecule has 1 aliphatic rings. The number of aliphatic carboxylic acids is 1. The third kappa shape index (κ3) is 3.57. The quantitative estimate of drug-likeness (QED) is 0.875. The summed E-state index contributed by atoms with van der Waals surface area (Å²) >= 11 is 0. The summed E-state index contributed by atoms with van der Waals surface area (Å²) in [6, 6.07) is 6.21. The van der Waals surface area contributed by atoms with Crippen LogP contribution < -0.4 is 5.32 Å². The third-order valence-corrected chi connectivity index (χ3v) is 4.96. The monoisotopic (exact) mass is 341 g/mol. The van der Waals surface area contributed by atoms with Crippen molar-refractivity contribution in [1.29, 1.82) is 0 Å². The van der Waals surface area contributed by atoms with Crippen molar-refractivity contribution in [1.82, 2.24) is 15.1 Å². The van der Waals surface area contributed by atoms with E-state index in [2.05, 4.69) is 10.4 Å². The van der Waals surface area contributed by atoms with Crippen molar-refractivity contribution in [3.05, 3.63) is 52.8 Å². The highest BCUT2D eigenvalue weighted by Crippen LogP contribution is 2.30. The topological polar surface area (TPSA) is 84.2 Å². The minimum atomic E-state index is -1.08. The summed E-state index contributed by atoms with van der Waals surface area (Å²) in [5, 5.41) is 16.5. The molecule has 1 aliphatic carbocycles. The number of hydrogen-bond donors (Lipinski definition) is 2. The van der Waals surface area contributed by atoms with Gasteiger partial charge in [-0.05, 0) is 49.4 Å². The molecule has 25 heavy (non-hydrogen) atoms. The molecule has 6 nitrogen and oxygen atoms in total. The molecule has 3 rings (SSSR count). The number of carbonyl (C=O) groups is 2.